The van der Waals surface area contributed by atoms with E-state index in [-0.39, 0.29) is 11.4 Å². The van der Waals surface area contributed by atoms with Crippen LogP contribution in [0, 0.1) is 17.0 Å². The maximum absolute atomic E-state index is 10.9. The van der Waals surface area contributed by atoms with E-state index < -0.39 is 4.92 Å². The minimum absolute atomic E-state index is 0.0414. The molecule has 0 bridgehead atoms. The second-order valence-electron chi connectivity index (χ2n) is 4.32. The van der Waals surface area contributed by atoms with Crippen LogP contribution in [-0.2, 0) is 6.54 Å². The van der Waals surface area contributed by atoms with Gasteiger partial charge in [-0.15, -0.1) is 0 Å². The number of anilines is 1. The van der Waals surface area contributed by atoms with Crippen LogP contribution in [0.5, 0.6) is 5.75 Å². The molecule has 2 aromatic rings. The van der Waals surface area contributed by atoms with Crippen LogP contribution in [-0.4, -0.2) is 21.5 Å². The van der Waals surface area contributed by atoms with Crippen molar-refractivity contribution in [3.8, 4) is 5.75 Å². The Labute approximate surface area is 122 Å². The Morgan fingerprint density at radius 1 is 1.38 bits per heavy atom. The van der Waals surface area contributed by atoms with Crippen LogP contribution < -0.4 is 10.1 Å². The molecule has 110 valence electrons. The molecule has 0 saturated heterocycles. The van der Waals surface area contributed by atoms with Gasteiger partial charge in [0.15, 0.2) is 5.75 Å². The van der Waals surface area contributed by atoms with E-state index in [9.17, 15) is 10.1 Å². The van der Waals surface area contributed by atoms with Gasteiger partial charge in [-0.25, -0.2) is 9.97 Å². The van der Waals surface area contributed by atoms with Crippen molar-refractivity contribution in [2.24, 2.45) is 0 Å². The van der Waals surface area contributed by atoms with Gasteiger partial charge in [0.05, 0.1) is 23.8 Å². The number of benzene rings is 1. The van der Waals surface area contributed by atoms with Crippen molar-refractivity contribution in [1.82, 2.24) is 9.97 Å². The molecule has 2 rings (SSSR count). The SMILES string of the molecule is CCOc1cc(NCc2ccnc(C)n2)ccc1[N+](=O)[O-]. The Bertz CT molecular complexity index is 646. The van der Waals surface area contributed by atoms with Crippen molar-refractivity contribution in [2.45, 2.75) is 20.4 Å². The topological polar surface area (TPSA) is 90.2 Å². The number of aromatic nitrogens is 2. The van der Waals surface area contributed by atoms with Gasteiger partial charge in [0.2, 0.25) is 0 Å². The minimum atomic E-state index is -0.456. The van der Waals surface area contributed by atoms with Crippen LogP contribution in [0.4, 0.5) is 11.4 Å². The highest BCUT2D eigenvalue weighted by Crippen LogP contribution is 2.30. The Morgan fingerprint density at radius 3 is 2.86 bits per heavy atom. The van der Waals surface area contributed by atoms with E-state index in [1.807, 2.05) is 13.0 Å². The summed E-state index contributed by atoms with van der Waals surface area (Å²) in [6, 6.07) is 6.51. The average Bonchev–Trinajstić information content (AvgIpc) is 2.45. The first-order chi connectivity index (χ1) is 10.1. The van der Waals surface area contributed by atoms with E-state index in [0.717, 1.165) is 11.4 Å². The van der Waals surface area contributed by atoms with Crippen LogP contribution in [0.15, 0.2) is 30.5 Å². The Morgan fingerprint density at radius 2 is 2.19 bits per heavy atom. The van der Waals surface area contributed by atoms with E-state index in [1.165, 1.54) is 6.07 Å². The van der Waals surface area contributed by atoms with E-state index in [1.54, 1.807) is 25.3 Å². The molecule has 1 N–H and O–H groups in total. The molecule has 0 amide bonds. The molecule has 0 aliphatic heterocycles. The molecule has 7 nitrogen and oxygen atoms in total. The molecule has 7 heteroatoms. The van der Waals surface area contributed by atoms with Crippen LogP contribution >= 0.6 is 0 Å². The van der Waals surface area contributed by atoms with Gasteiger partial charge < -0.3 is 10.1 Å². The van der Waals surface area contributed by atoms with E-state index in [2.05, 4.69) is 15.3 Å². The molecule has 0 atom stereocenters. The Kier molecular flexibility index (Phi) is 4.65. The fraction of sp³-hybridized carbons (Fsp3) is 0.286. The minimum Gasteiger partial charge on any atom is -0.487 e. The number of nitro benzene ring substituents is 1. The summed E-state index contributed by atoms with van der Waals surface area (Å²) in [4.78, 5) is 18.8. The molecule has 21 heavy (non-hydrogen) atoms. The zero-order valence-electron chi connectivity index (χ0n) is 11.9. The van der Waals surface area contributed by atoms with Gasteiger partial charge >= 0.3 is 5.69 Å². The highest BCUT2D eigenvalue weighted by atomic mass is 16.6. The predicted octanol–water partition coefficient (Wildman–Crippen LogP) is 2.70. The maximum Gasteiger partial charge on any atom is 0.311 e. The lowest BCUT2D eigenvalue weighted by Gasteiger charge is -2.09. The van der Waals surface area contributed by atoms with Crippen molar-refractivity contribution < 1.29 is 9.66 Å². The number of hydrogen-bond acceptors (Lipinski definition) is 6. The molecule has 0 fully saturated rings. The molecule has 0 aliphatic rings. The number of nitrogens with zero attached hydrogens (tertiary/aromatic N) is 3. The van der Waals surface area contributed by atoms with Crippen LogP contribution in [0.25, 0.3) is 0 Å². The molecular formula is C14H16N4O3. The number of nitrogens with one attached hydrogen (secondary N) is 1. The summed E-state index contributed by atoms with van der Waals surface area (Å²) in [7, 11) is 0. The number of ether oxygens (including phenoxy) is 1. The van der Waals surface area contributed by atoms with Gasteiger partial charge in [-0.05, 0) is 26.0 Å². The number of hydrogen-bond donors (Lipinski definition) is 1. The van der Waals surface area contributed by atoms with E-state index >= 15 is 0 Å². The van der Waals surface area contributed by atoms with Gasteiger partial charge in [-0.3, -0.25) is 10.1 Å². The Balaban J connectivity index is 2.13. The lowest BCUT2D eigenvalue weighted by molar-refractivity contribution is -0.385. The summed E-state index contributed by atoms with van der Waals surface area (Å²) in [5.74, 6) is 0.958. The normalized spacial score (nSPS) is 10.2. The summed E-state index contributed by atoms with van der Waals surface area (Å²) in [5.41, 5.74) is 1.54. The zero-order chi connectivity index (χ0) is 15.2. The summed E-state index contributed by atoms with van der Waals surface area (Å²) in [6.07, 6.45) is 1.70. The van der Waals surface area contributed by atoms with Crippen molar-refractivity contribution in [2.75, 3.05) is 11.9 Å². The third-order valence-corrected chi connectivity index (χ3v) is 2.76. The van der Waals surface area contributed by atoms with Crippen molar-refractivity contribution >= 4 is 11.4 Å². The average molecular weight is 288 g/mol. The first-order valence-corrected chi connectivity index (χ1v) is 6.53. The number of aryl methyl sites for hydroxylation is 1. The molecule has 0 radical (unpaired) electrons. The zero-order valence-corrected chi connectivity index (χ0v) is 11.9. The second-order valence-corrected chi connectivity index (χ2v) is 4.32. The molecule has 0 aliphatic carbocycles. The monoisotopic (exact) mass is 288 g/mol. The molecular weight excluding hydrogens is 272 g/mol. The molecule has 1 heterocycles. The van der Waals surface area contributed by atoms with Gasteiger partial charge in [0, 0.05) is 24.0 Å². The quantitative estimate of drug-likeness (QED) is 0.649. The van der Waals surface area contributed by atoms with E-state index in [4.69, 9.17) is 4.74 Å². The first kappa shape index (κ1) is 14.7. The highest BCUT2D eigenvalue weighted by Gasteiger charge is 2.15. The van der Waals surface area contributed by atoms with E-state index in [0.29, 0.717) is 19.0 Å². The predicted molar refractivity (Wildman–Crippen MR) is 78.4 cm³/mol. The summed E-state index contributed by atoms with van der Waals surface area (Å²) in [5, 5.41) is 14.1. The summed E-state index contributed by atoms with van der Waals surface area (Å²) < 4.78 is 5.30. The molecule has 0 unspecified atom stereocenters. The van der Waals surface area contributed by atoms with Crippen molar-refractivity contribution in [1.29, 1.82) is 0 Å². The fourth-order valence-corrected chi connectivity index (χ4v) is 1.84. The van der Waals surface area contributed by atoms with Gasteiger partial charge in [0.1, 0.15) is 5.82 Å². The highest BCUT2D eigenvalue weighted by molar-refractivity contribution is 5.58. The number of rotatable bonds is 6. The summed E-state index contributed by atoms with van der Waals surface area (Å²) in [6.45, 7) is 4.48. The first-order valence-electron chi connectivity index (χ1n) is 6.53. The second kappa shape index (κ2) is 6.65. The lowest BCUT2D eigenvalue weighted by Crippen LogP contribution is -2.04. The van der Waals surface area contributed by atoms with Gasteiger partial charge in [-0.2, -0.15) is 0 Å². The Hall–Kier alpha value is -2.70. The van der Waals surface area contributed by atoms with Gasteiger partial charge in [0.25, 0.3) is 0 Å². The standard InChI is InChI=1S/C14H16N4O3/c1-3-21-14-8-11(4-5-13(14)18(19)20)16-9-12-6-7-15-10(2)17-12/h4-8,16H,3,9H2,1-2H3. The summed E-state index contributed by atoms with van der Waals surface area (Å²) >= 11 is 0. The van der Waals surface area contributed by atoms with Crippen LogP contribution in [0.3, 0.4) is 0 Å². The smallest absolute Gasteiger partial charge is 0.311 e. The molecule has 1 aromatic carbocycles. The lowest BCUT2D eigenvalue weighted by atomic mass is 10.2. The van der Waals surface area contributed by atoms with Gasteiger partial charge in [-0.1, -0.05) is 0 Å². The molecule has 1 aromatic heterocycles. The molecule has 0 spiro atoms. The number of nitro groups is 1. The largest absolute Gasteiger partial charge is 0.487 e. The molecule has 0 saturated carbocycles. The maximum atomic E-state index is 10.9. The van der Waals surface area contributed by atoms with Crippen LogP contribution in [0.1, 0.15) is 18.4 Å². The fourth-order valence-electron chi connectivity index (χ4n) is 1.84. The van der Waals surface area contributed by atoms with Crippen molar-refractivity contribution in [3.63, 3.8) is 0 Å². The van der Waals surface area contributed by atoms with Crippen LogP contribution in [0.2, 0.25) is 0 Å². The van der Waals surface area contributed by atoms with Crippen molar-refractivity contribution in [3.05, 3.63) is 52.1 Å². The third-order valence-electron chi connectivity index (χ3n) is 2.76. The third kappa shape index (κ3) is 3.88.